The molecule has 0 atom stereocenters. The summed E-state index contributed by atoms with van der Waals surface area (Å²) in [5.41, 5.74) is 0. The molecule has 0 aliphatic heterocycles. The molecule has 14 heavy (non-hydrogen) atoms. The van der Waals surface area contributed by atoms with E-state index in [1.165, 1.54) is 0 Å². The maximum atomic E-state index is 9.10. The van der Waals surface area contributed by atoms with Crippen molar-refractivity contribution in [1.29, 1.82) is 0 Å². The van der Waals surface area contributed by atoms with Gasteiger partial charge in [0.15, 0.2) is 5.97 Å². The van der Waals surface area contributed by atoms with Crippen molar-refractivity contribution in [1.82, 2.24) is 0 Å². The third kappa shape index (κ3) is 22.5. The SMILES string of the molecule is O.O=C(O)C(=O)O.O=C([O-])C(=O)O.[Th]. The molecule has 0 saturated carbocycles. The number of carbonyl (C=O) groups is 4. The summed E-state index contributed by atoms with van der Waals surface area (Å²) in [5, 5.41) is 31.1. The van der Waals surface area contributed by atoms with E-state index in [4.69, 9.17) is 39.6 Å². The van der Waals surface area contributed by atoms with Gasteiger partial charge < -0.3 is 30.7 Å². The first-order valence-corrected chi connectivity index (χ1v) is 2.19. The summed E-state index contributed by atoms with van der Waals surface area (Å²) in [7, 11) is 0. The van der Waals surface area contributed by atoms with Crippen LogP contribution in [0.2, 0.25) is 0 Å². The van der Waals surface area contributed by atoms with Crippen molar-refractivity contribution in [3.63, 3.8) is 0 Å². The van der Waals surface area contributed by atoms with Crippen LogP contribution in [0.15, 0.2) is 0 Å². The van der Waals surface area contributed by atoms with Crippen LogP contribution in [0.4, 0.5) is 0 Å². The zero-order valence-electron chi connectivity index (χ0n) is 6.38. The van der Waals surface area contributed by atoms with Gasteiger partial charge in [0.05, 0.1) is 0 Å². The number of carboxylic acid groups (broad SMARTS) is 4. The van der Waals surface area contributed by atoms with Crippen molar-refractivity contribution in [2.45, 2.75) is 0 Å². The summed E-state index contributed by atoms with van der Waals surface area (Å²) in [6.45, 7) is 0. The molecule has 0 aromatic rings. The third-order valence-electron chi connectivity index (χ3n) is 0.358. The molecule has 0 fully saturated rings. The first kappa shape index (κ1) is 23.2. The summed E-state index contributed by atoms with van der Waals surface area (Å²) >= 11 is 0. The molecule has 0 heterocycles. The van der Waals surface area contributed by atoms with Gasteiger partial charge in [-0.2, -0.15) is 0 Å². The van der Waals surface area contributed by atoms with E-state index in [1.54, 1.807) is 0 Å². The van der Waals surface area contributed by atoms with E-state index in [-0.39, 0.29) is 45.4 Å². The number of hydrogen-bond donors (Lipinski definition) is 3. The maximum absolute atomic E-state index is 9.10. The van der Waals surface area contributed by atoms with E-state index in [1.807, 2.05) is 0 Å². The maximum Gasteiger partial charge on any atom is 0.414 e. The molecule has 0 aromatic carbocycles. The number of hydrogen-bond acceptors (Lipinski definition) is 5. The van der Waals surface area contributed by atoms with Gasteiger partial charge in [-0.05, 0) is 0 Å². The van der Waals surface area contributed by atoms with Gasteiger partial charge in [0.25, 0.3) is 0 Å². The second-order valence-electron chi connectivity index (χ2n) is 1.20. The van der Waals surface area contributed by atoms with E-state index < -0.39 is 23.9 Å². The average molecular weight is 429 g/mol. The van der Waals surface area contributed by atoms with Gasteiger partial charge in [-0.3, -0.25) is 0 Å². The zero-order valence-corrected chi connectivity index (χ0v) is 10.5. The molecule has 0 radical (unpaired) electrons. The Labute approximate surface area is 108 Å². The number of aliphatic carboxylic acids is 4. The predicted octanol–water partition coefficient (Wildman–Crippen LogP) is -3.85. The van der Waals surface area contributed by atoms with Gasteiger partial charge in [-0.1, -0.05) is 0 Å². The van der Waals surface area contributed by atoms with Gasteiger partial charge in [0, 0.05) is 39.9 Å². The fourth-order valence-corrected chi connectivity index (χ4v) is 0. The fourth-order valence-electron chi connectivity index (χ4n) is 0. The molecule has 0 unspecified atom stereocenters. The summed E-state index contributed by atoms with van der Waals surface area (Å²) in [6, 6.07) is 0. The van der Waals surface area contributed by atoms with Crippen molar-refractivity contribution in [2.24, 2.45) is 0 Å². The molecule has 10 heteroatoms. The molecule has 0 saturated heterocycles. The van der Waals surface area contributed by atoms with Gasteiger partial charge in [0.2, 0.25) is 0 Å². The largest absolute Gasteiger partial charge is 0.539 e. The van der Waals surface area contributed by atoms with Gasteiger partial charge in [-0.15, -0.1) is 0 Å². The zero-order chi connectivity index (χ0) is 10.3. The Hall–Kier alpha value is -0.835. The second-order valence-corrected chi connectivity index (χ2v) is 1.20. The Morgan fingerprint density at radius 3 is 0.929 bits per heavy atom. The van der Waals surface area contributed by atoms with Gasteiger partial charge >= 0.3 is 17.9 Å². The minimum absolute atomic E-state index is 0. The van der Waals surface area contributed by atoms with Crippen LogP contribution in [-0.2, 0) is 19.2 Å². The summed E-state index contributed by atoms with van der Waals surface area (Å²) in [5.74, 6) is -7.66. The molecule has 0 amide bonds. The second kappa shape index (κ2) is 12.2. The fraction of sp³-hybridized carbons (Fsp3) is 0. The summed E-state index contributed by atoms with van der Waals surface area (Å²) in [4.78, 5) is 36.2. The van der Waals surface area contributed by atoms with E-state index in [9.17, 15) is 0 Å². The topological polar surface area (TPSA) is 184 Å². The van der Waals surface area contributed by atoms with E-state index in [0.29, 0.717) is 0 Å². The minimum Gasteiger partial charge on any atom is -0.539 e. The minimum atomic E-state index is -2.07. The first-order chi connectivity index (χ1) is 5.29. The molecular formula is C4H5O9Th-. The van der Waals surface area contributed by atoms with E-state index in [0.717, 1.165) is 0 Å². The van der Waals surface area contributed by atoms with E-state index in [2.05, 4.69) is 0 Å². The Morgan fingerprint density at radius 2 is 0.929 bits per heavy atom. The standard InChI is InChI=1S/2C2H2O4.H2O.Th/c2*3-1(4)2(5)6;;/h2*(H,3,4)(H,5,6);1H2;/p-1. The van der Waals surface area contributed by atoms with Crippen LogP contribution in [0.5, 0.6) is 0 Å². The molecule has 0 aliphatic rings. The molecule has 0 spiro atoms. The van der Waals surface area contributed by atoms with Crippen molar-refractivity contribution >= 4 is 23.9 Å². The molecule has 0 bridgehead atoms. The number of carboxylic acids is 4. The molecule has 5 N–H and O–H groups in total. The van der Waals surface area contributed by atoms with Crippen LogP contribution >= 0.6 is 0 Å². The molecular weight excluding hydrogens is 424 g/mol. The smallest absolute Gasteiger partial charge is 0.414 e. The first-order valence-electron chi connectivity index (χ1n) is 2.19. The van der Waals surface area contributed by atoms with Crippen molar-refractivity contribution < 1.29 is 85.0 Å². The van der Waals surface area contributed by atoms with Crippen molar-refractivity contribution in [3.8, 4) is 0 Å². The van der Waals surface area contributed by atoms with Gasteiger partial charge in [-0.25, -0.2) is 14.4 Å². The monoisotopic (exact) mass is 429 g/mol. The van der Waals surface area contributed by atoms with Crippen LogP contribution in [0.3, 0.4) is 0 Å². The van der Waals surface area contributed by atoms with Gasteiger partial charge in [0.1, 0.15) is 0 Å². The Balaban J connectivity index is -0.0000000625. The van der Waals surface area contributed by atoms with Crippen LogP contribution in [0, 0.1) is 39.9 Å². The Kier molecular flexibility index (Phi) is 20.2. The van der Waals surface area contributed by atoms with E-state index >= 15 is 0 Å². The van der Waals surface area contributed by atoms with Crippen molar-refractivity contribution in [2.75, 3.05) is 0 Å². The van der Waals surface area contributed by atoms with Crippen LogP contribution in [0.25, 0.3) is 0 Å². The van der Waals surface area contributed by atoms with Crippen LogP contribution < -0.4 is 5.11 Å². The summed E-state index contributed by atoms with van der Waals surface area (Å²) in [6.07, 6.45) is 0. The van der Waals surface area contributed by atoms with Crippen LogP contribution in [0.1, 0.15) is 0 Å². The van der Waals surface area contributed by atoms with Crippen LogP contribution in [-0.4, -0.2) is 44.7 Å². The molecule has 80 valence electrons. The Morgan fingerprint density at radius 1 is 0.786 bits per heavy atom. The number of rotatable bonds is 0. The summed E-state index contributed by atoms with van der Waals surface area (Å²) < 4.78 is 0. The van der Waals surface area contributed by atoms with Crippen molar-refractivity contribution in [3.05, 3.63) is 0 Å². The number of carbonyl (C=O) groups excluding carboxylic acids is 1. The quantitative estimate of drug-likeness (QED) is 0.327. The predicted molar refractivity (Wildman–Crippen MR) is 31.5 cm³/mol. The molecule has 0 aliphatic carbocycles. The third-order valence-corrected chi connectivity index (χ3v) is 0.358. The molecule has 0 aromatic heterocycles. The molecule has 9 nitrogen and oxygen atoms in total. The average Bonchev–Trinajstić information content (AvgIpc) is 1.88. The normalized spacial score (nSPS) is 6.29. The molecule has 0 rings (SSSR count). The Bertz CT molecular complexity index is 173.